The Balaban J connectivity index is 2.34. The minimum absolute atomic E-state index is 0.148. The molecule has 0 fully saturated rings. The summed E-state index contributed by atoms with van der Waals surface area (Å²) in [4.78, 5) is 22.8. The van der Waals surface area contributed by atoms with E-state index in [0.717, 1.165) is 16.3 Å². The van der Waals surface area contributed by atoms with Crippen molar-refractivity contribution in [3.63, 3.8) is 0 Å². The highest BCUT2D eigenvalue weighted by Gasteiger charge is 2.06. The van der Waals surface area contributed by atoms with Crippen LogP contribution in [0.2, 0.25) is 0 Å². The number of nitrogens with zero attached hydrogens (tertiary/aromatic N) is 2. The Hall–Kier alpha value is -2.49. The fraction of sp³-hybridized carbons (Fsp3) is 0.0714. The second kappa shape index (κ2) is 4.07. The van der Waals surface area contributed by atoms with Gasteiger partial charge in [-0.15, -0.1) is 0 Å². The second-order valence-corrected chi connectivity index (χ2v) is 4.14. The average Bonchev–Trinajstić information content (AvgIpc) is 2.37. The number of nitrogens with one attached hydrogen (secondary N) is 1. The van der Waals surface area contributed by atoms with Gasteiger partial charge < -0.3 is 4.98 Å². The van der Waals surface area contributed by atoms with Crippen LogP contribution in [0, 0.1) is 6.92 Å². The minimum atomic E-state index is -0.148. The van der Waals surface area contributed by atoms with Crippen LogP contribution in [0.25, 0.3) is 22.2 Å². The third-order valence-corrected chi connectivity index (χ3v) is 2.79. The lowest BCUT2D eigenvalue weighted by Gasteiger charge is -2.05. The van der Waals surface area contributed by atoms with Crippen molar-refractivity contribution >= 4 is 10.8 Å². The van der Waals surface area contributed by atoms with Gasteiger partial charge in [0.1, 0.15) is 5.82 Å². The topological polar surface area (TPSA) is 58.6 Å². The lowest BCUT2D eigenvalue weighted by Crippen LogP contribution is -2.08. The summed E-state index contributed by atoms with van der Waals surface area (Å²) in [6.45, 7) is 1.80. The molecule has 1 N–H and O–H groups in total. The van der Waals surface area contributed by atoms with Gasteiger partial charge in [-0.05, 0) is 12.3 Å². The number of pyridine rings is 1. The van der Waals surface area contributed by atoms with Crippen molar-refractivity contribution in [3.8, 4) is 11.4 Å². The molecule has 0 spiro atoms. The van der Waals surface area contributed by atoms with Gasteiger partial charge in [0.2, 0.25) is 0 Å². The molecule has 0 amide bonds. The maximum atomic E-state index is 11.5. The van der Waals surface area contributed by atoms with Crippen LogP contribution in [0.4, 0.5) is 0 Å². The Morgan fingerprint density at radius 2 is 2.00 bits per heavy atom. The van der Waals surface area contributed by atoms with E-state index in [0.29, 0.717) is 11.5 Å². The zero-order valence-electron chi connectivity index (χ0n) is 9.84. The Bertz CT molecular complexity index is 772. The lowest BCUT2D eigenvalue weighted by molar-refractivity contribution is 1.07. The largest absolute Gasteiger partial charge is 0.306 e. The van der Waals surface area contributed by atoms with Crippen molar-refractivity contribution in [2.45, 2.75) is 6.92 Å². The predicted octanol–water partition coefficient (Wildman–Crippen LogP) is 2.29. The quantitative estimate of drug-likeness (QED) is 0.706. The Kier molecular flexibility index (Phi) is 2.41. The normalized spacial score (nSPS) is 10.7. The van der Waals surface area contributed by atoms with Gasteiger partial charge in [0.25, 0.3) is 5.56 Å². The molecule has 3 rings (SSSR count). The molecule has 18 heavy (non-hydrogen) atoms. The Morgan fingerprint density at radius 1 is 1.17 bits per heavy atom. The molecule has 0 saturated heterocycles. The number of fused-ring (bicyclic) bond motifs is 1. The van der Waals surface area contributed by atoms with Crippen LogP contribution >= 0.6 is 0 Å². The fourth-order valence-corrected chi connectivity index (χ4v) is 2.01. The Labute approximate surface area is 103 Å². The maximum absolute atomic E-state index is 11.5. The molecule has 0 aliphatic carbocycles. The molecule has 1 aromatic carbocycles. The van der Waals surface area contributed by atoms with E-state index in [9.17, 15) is 4.79 Å². The standard InChI is InChI=1S/C14H11N3O/c1-9-6-13(18)17-14(16-9)12-8-15-7-10-4-2-3-5-11(10)12/h2-8H,1H3,(H,16,17,18). The number of aryl methyl sites for hydroxylation is 1. The van der Waals surface area contributed by atoms with Crippen LogP contribution in [0.15, 0.2) is 47.5 Å². The zero-order valence-corrected chi connectivity index (χ0v) is 9.84. The van der Waals surface area contributed by atoms with Gasteiger partial charge in [-0.1, -0.05) is 24.3 Å². The van der Waals surface area contributed by atoms with Gasteiger partial charge in [0, 0.05) is 35.1 Å². The van der Waals surface area contributed by atoms with E-state index >= 15 is 0 Å². The third kappa shape index (κ3) is 1.78. The molecule has 4 heteroatoms. The van der Waals surface area contributed by atoms with Gasteiger partial charge in [-0.3, -0.25) is 9.78 Å². The number of hydrogen-bond donors (Lipinski definition) is 1. The first kappa shape index (κ1) is 10.7. The molecule has 2 aromatic heterocycles. The van der Waals surface area contributed by atoms with Crippen LogP contribution in [-0.4, -0.2) is 15.0 Å². The van der Waals surface area contributed by atoms with E-state index < -0.39 is 0 Å². The van der Waals surface area contributed by atoms with Crippen LogP contribution in [0.1, 0.15) is 5.69 Å². The highest BCUT2D eigenvalue weighted by atomic mass is 16.1. The number of benzene rings is 1. The van der Waals surface area contributed by atoms with E-state index in [-0.39, 0.29) is 5.56 Å². The summed E-state index contributed by atoms with van der Waals surface area (Å²) in [6, 6.07) is 9.37. The van der Waals surface area contributed by atoms with Crippen LogP contribution in [0.3, 0.4) is 0 Å². The summed E-state index contributed by atoms with van der Waals surface area (Å²) < 4.78 is 0. The van der Waals surface area contributed by atoms with Crippen molar-refractivity contribution in [2.24, 2.45) is 0 Å². The monoisotopic (exact) mass is 237 g/mol. The fourth-order valence-electron chi connectivity index (χ4n) is 2.01. The molecule has 0 unspecified atom stereocenters. The van der Waals surface area contributed by atoms with Crippen LogP contribution in [-0.2, 0) is 0 Å². The number of aromatic nitrogens is 3. The predicted molar refractivity (Wildman–Crippen MR) is 70.3 cm³/mol. The molecule has 0 radical (unpaired) electrons. The molecule has 0 saturated carbocycles. The molecule has 4 nitrogen and oxygen atoms in total. The van der Waals surface area contributed by atoms with Crippen molar-refractivity contribution < 1.29 is 0 Å². The molecule has 0 atom stereocenters. The number of hydrogen-bond acceptors (Lipinski definition) is 3. The van der Waals surface area contributed by atoms with Gasteiger partial charge in [-0.2, -0.15) is 0 Å². The van der Waals surface area contributed by atoms with E-state index in [1.807, 2.05) is 24.3 Å². The summed E-state index contributed by atoms with van der Waals surface area (Å²) in [7, 11) is 0. The molecular weight excluding hydrogens is 226 g/mol. The average molecular weight is 237 g/mol. The summed E-state index contributed by atoms with van der Waals surface area (Å²) in [5, 5.41) is 2.06. The number of rotatable bonds is 1. The molecular formula is C14H11N3O. The smallest absolute Gasteiger partial charge is 0.251 e. The molecule has 0 aliphatic rings. The van der Waals surface area contributed by atoms with E-state index in [1.54, 1.807) is 19.3 Å². The first-order valence-corrected chi connectivity index (χ1v) is 5.65. The highest BCUT2D eigenvalue weighted by Crippen LogP contribution is 2.24. The SMILES string of the molecule is Cc1cc(=O)[nH]c(-c2cncc3ccccc23)n1. The lowest BCUT2D eigenvalue weighted by atomic mass is 10.1. The number of aromatic amines is 1. The summed E-state index contributed by atoms with van der Waals surface area (Å²) in [5.74, 6) is 0.560. The van der Waals surface area contributed by atoms with Crippen molar-refractivity contribution in [1.82, 2.24) is 15.0 Å². The summed E-state index contributed by atoms with van der Waals surface area (Å²) >= 11 is 0. The second-order valence-electron chi connectivity index (χ2n) is 4.14. The van der Waals surface area contributed by atoms with E-state index in [1.165, 1.54) is 6.07 Å². The molecule has 3 aromatic rings. The first-order valence-electron chi connectivity index (χ1n) is 5.65. The molecule has 0 bridgehead atoms. The first-order chi connectivity index (χ1) is 8.74. The van der Waals surface area contributed by atoms with Gasteiger partial charge in [-0.25, -0.2) is 4.98 Å². The van der Waals surface area contributed by atoms with E-state index in [4.69, 9.17) is 0 Å². The zero-order chi connectivity index (χ0) is 12.5. The molecule has 2 heterocycles. The molecule has 88 valence electrons. The van der Waals surface area contributed by atoms with E-state index in [2.05, 4.69) is 15.0 Å². The van der Waals surface area contributed by atoms with Gasteiger partial charge in [0.05, 0.1) is 0 Å². The third-order valence-electron chi connectivity index (χ3n) is 2.79. The minimum Gasteiger partial charge on any atom is -0.306 e. The Morgan fingerprint density at radius 3 is 2.83 bits per heavy atom. The van der Waals surface area contributed by atoms with Crippen molar-refractivity contribution in [1.29, 1.82) is 0 Å². The van der Waals surface area contributed by atoms with Crippen molar-refractivity contribution in [3.05, 3.63) is 58.8 Å². The van der Waals surface area contributed by atoms with Gasteiger partial charge in [0.15, 0.2) is 0 Å². The number of H-pyrrole nitrogens is 1. The summed E-state index contributed by atoms with van der Waals surface area (Å²) in [6.07, 6.45) is 3.52. The maximum Gasteiger partial charge on any atom is 0.251 e. The highest BCUT2D eigenvalue weighted by molar-refractivity contribution is 5.93. The van der Waals surface area contributed by atoms with Crippen LogP contribution < -0.4 is 5.56 Å². The van der Waals surface area contributed by atoms with Crippen LogP contribution in [0.5, 0.6) is 0 Å². The van der Waals surface area contributed by atoms with Gasteiger partial charge >= 0.3 is 0 Å². The van der Waals surface area contributed by atoms with Crippen molar-refractivity contribution in [2.75, 3.05) is 0 Å². The molecule has 0 aliphatic heterocycles. The summed E-state index contributed by atoms with van der Waals surface area (Å²) in [5.41, 5.74) is 1.39.